The first-order chi connectivity index (χ1) is 21.5. The number of alkyl halides is 3. The Morgan fingerprint density at radius 2 is 1.64 bits per heavy atom. The van der Waals surface area contributed by atoms with Crippen LogP contribution in [0.2, 0.25) is 0 Å². The lowest BCUT2D eigenvalue weighted by atomic mass is 10.1. The fourth-order valence-corrected chi connectivity index (χ4v) is 4.16. The van der Waals surface area contributed by atoms with Crippen LogP contribution in [-0.2, 0) is 11.3 Å². The third-order valence-corrected chi connectivity index (χ3v) is 6.44. The minimum absolute atomic E-state index is 0.0876. The molecule has 234 valence electrons. The second kappa shape index (κ2) is 14.8. The maximum Gasteiger partial charge on any atom is 0.573 e. The molecule has 3 amide bonds. The van der Waals surface area contributed by atoms with Crippen molar-refractivity contribution in [3.63, 3.8) is 0 Å². The first kappa shape index (κ1) is 32.4. The van der Waals surface area contributed by atoms with Gasteiger partial charge in [0, 0.05) is 30.6 Å². The lowest BCUT2D eigenvalue weighted by Crippen LogP contribution is -2.22. The summed E-state index contributed by atoms with van der Waals surface area (Å²) >= 11 is 0. The van der Waals surface area contributed by atoms with E-state index in [1.165, 1.54) is 16.8 Å². The van der Waals surface area contributed by atoms with Crippen LogP contribution in [-0.4, -0.2) is 52.1 Å². The van der Waals surface area contributed by atoms with E-state index >= 15 is 0 Å². The molecule has 0 aliphatic rings. The number of benzene rings is 3. The van der Waals surface area contributed by atoms with Crippen LogP contribution in [0, 0.1) is 6.92 Å². The minimum atomic E-state index is -4.87. The highest BCUT2D eigenvalue weighted by molar-refractivity contribution is 6.05. The van der Waals surface area contributed by atoms with Gasteiger partial charge in [-0.15, -0.1) is 18.3 Å². The third-order valence-electron chi connectivity index (χ3n) is 6.44. The van der Waals surface area contributed by atoms with E-state index in [1.54, 1.807) is 55.5 Å². The van der Waals surface area contributed by atoms with Gasteiger partial charge in [0.2, 0.25) is 11.9 Å². The Morgan fingerprint density at radius 3 is 2.31 bits per heavy atom. The van der Waals surface area contributed by atoms with Gasteiger partial charge in [-0.3, -0.25) is 25.0 Å². The number of aryl methyl sites for hydroxylation is 1. The van der Waals surface area contributed by atoms with E-state index in [-0.39, 0.29) is 29.1 Å². The fourth-order valence-electron chi connectivity index (χ4n) is 4.16. The highest BCUT2D eigenvalue weighted by Crippen LogP contribution is 2.25. The van der Waals surface area contributed by atoms with Gasteiger partial charge in [-0.05, 0) is 80.1 Å². The monoisotopic (exact) mass is 621 g/mol. The summed E-state index contributed by atoms with van der Waals surface area (Å²) in [5.74, 6) is -1.85. The number of aliphatic imine (C=N–C) groups is 1. The summed E-state index contributed by atoms with van der Waals surface area (Å²) in [6, 6.07) is 18.1. The summed E-state index contributed by atoms with van der Waals surface area (Å²) < 4.78 is 43.0. The van der Waals surface area contributed by atoms with Gasteiger partial charge in [-0.25, -0.2) is 0 Å². The molecule has 45 heavy (non-hydrogen) atoms. The van der Waals surface area contributed by atoms with Crippen molar-refractivity contribution in [1.29, 1.82) is 0 Å². The van der Waals surface area contributed by atoms with Crippen LogP contribution >= 0.6 is 0 Å². The molecule has 3 aromatic carbocycles. The zero-order chi connectivity index (χ0) is 32.4. The Bertz CT molecular complexity index is 1650. The largest absolute Gasteiger partial charge is 0.573 e. The summed E-state index contributed by atoms with van der Waals surface area (Å²) in [6.07, 6.45) is -2.98. The van der Waals surface area contributed by atoms with Crippen molar-refractivity contribution < 1.29 is 32.3 Å². The van der Waals surface area contributed by atoms with E-state index in [4.69, 9.17) is 0 Å². The highest BCUT2D eigenvalue weighted by atomic mass is 19.4. The summed E-state index contributed by atoms with van der Waals surface area (Å²) in [7, 11) is 0. The Hall–Kier alpha value is -5.53. The van der Waals surface area contributed by atoms with Gasteiger partial charge in [0.15, 0.2) is 0 Å². The average Bonchev–Trinajstić information content (AvgIpc) is 3.39. The van der Waals surface area contributed by atoms with Gasteiger partial charge in [-0.2, -0.15) is 9.67 Å². The lowest BCUT2D eigenvalue weighted by molar-refractivity contribution is -0.274. The second-order valence-corrected chi connectivity index (χ2v) is 9.81. The van der Waals surface area contributed by atoms with Crippen molar-refractivity contribution in [3.05, 3.63) is 95.1 Å². The van der Waals surface area contributed by atoms with Gasteiger partial charge in [-0.1, -0.05) is 30.3 Å². The van der Waals surface area contributed by atoms with Crippen molar-refractivity contribution >= 4 is 36.3 Å². The van der Waals surface area contributed by atoms with E-state index in [0.717, 1.165) is 24.1 Å². The van der Waals surface area contributed by atoms with Crippen LogP contribution in [0.4, 0.5) is 25.1 Å². The number of rotatable bonds is 13. The predicted molar refractivity (Wildman–Crippen MR) is 162 cm³/mol. The number of ether oxygens (including phenoxy) is 1. The smallest absolute Gasteiger partial charge is 0.406 e. The summed E-state index contributed by atoms with van der Waals surface area (Å²) in [5, 5.41) is 12.3. The number of hydrogen-bond acceptors (Lipinski definition) is 7. The van der Waals surface area contributed by atoms with Crippen molar-refractivity contribution in [2.75, 3.05) is 17.2 Å². The maximum atomic E-state index is 13.0. The lowest BCUT2D eigenvalue weighted by Gasteiger charge is -2.11. The molecule has 0 saturated carbocycles. The van der Waals surface area contributed by atoms with Crippen LogP contribution < -0.4 is 20.7 Å². The SMILES string of the molecule is C=NCCCCC(=O)NCc1ccc(C(=O)Nc2nc(NC(=O)c3ccccc3C)n(-c3ccc(OC(F)(F)F)cc3)n2)cc1. The number of carbonyl (C=O) groups excluding carboxylic acids is 3. The van der Waals surface area contributed by atoms with Gasteiger partial charge < -0.3 is 15.0 Å². The first-order valence-corrected chi connectivity index (χ1v) is 13.8. The van der Waals surface area contributed by atoms with E-state index in [0.29, 0.717) is 37.1 Å². The Kier molecular flexibility index (Phi) is 10.6. The number of hydrogen-bond donors (Lipinski definition) is 3. The Labute approximate surface area is 256 Å². The van der Waals surface area contributed by atoms with Gasteiger partial charge in [0.1, 0.15) is 5.75 Å². The molecule has 0 atom stereocenters. The second-order valence-electron chi connectivity index (χ2n) is 9.81. The molecule has 0 aliphatic carbocycles. The molecule has 4 aromatic rings. The standard InChI is InChI=1S/C31H30F3N7O4/c1-20-7-3-4-8-25(20)28(44)38-30-39-29(40-41(30)23-14-16-24(17-15-23)45-31(32,33)34)37-27(43)22-12-10-21(11-13-22)19-36-26(42)9-5-6-18-35-2/h3-4,7-8,10-17H,2,5-6,9,18-19H2,1H3,(H,36,42)(H2,37,38,39,40,43,44). The first-order valence-electron chi connectivity index (χ1n) is 13.8. The topological polar surface area (TPSA) is 140 Å². The number of anilines is 2. The molecule has 1 aromatic heterocycles. The van der Waals surface area contributed by atoms with Crippen molar-refractivity contribution in [2.45, 2.75) is 39.1 Å². The van der Waals surface area contributed by atoms with Gasteiger partial charge >= 0.3 is 6.36 Å². The molecule has 3 N–H and O–H groups in total. The van der Waals surface area contributed by atoms with Crippen LogP contribution in [0.5, 0.6) is 5.75 Å². The van der Waals surface area contributed by atoms with E-state index in [9.17, 15) is 27.6 Å². The van der Waals surface area contributed by atoms with E-state index < -0.39 is 23.9 Å². The molecule has 14 heteroatoms. The van der Waals surface area contributed by atoms with Crippen LogP contribution in [0.3, 0.4) is 0 Å². The van der Waals surface area contributed by atoms with Gasteiger partial charge in [0.25, 0.3) is 17.8 Å². The molecule has 1 heterocycles. The normalized spacial score (nSPS) is 11.0. The molecule has 0 saturated heterocycles. The molecule has 0 unspecified atom stereocenters. The van der Waals surface area contributed by atoms with Crippen LogP contribution in [0.1, 0.15) is 51.1 Å². The van der Waals surface area contributed by atoms with Crippen LogP contribution in [0.15, 0.2) is 77.8 Å². The number of aromatic nitrogens is 3. The van der Waals surface area contributed by atoms with Crippen molar-refractivity contribution in [2.24, 2.45) is 4.99 Å². The van der Waals surface area contributed by atoms with E-state index in [2.05, 4.69) is 42.5 Å². The van der Waals surface area contributed by atoms with Crippen molar-refractivity contribution in [1.82, 2.24) is 20.1 Å². The highest BCUT2D eigenvalue weighted by Gasteiger charge is 2.31. The zero-order valence-corrected chi connectivity index (χ0v) is 24.2. The molecule has 0 bridgehead atoms. The number of nitrogens with zero attached hydrogens (tertiary/aromatic N) is 4. The molecule has 0 spiro atoms. The maximum absolute atomic E-state index is 13.0. The quantitative estimate of drug-likeness (QED) is 0.134. The minimum Gasteiger partial charge on any atom is -0.406 e. The number of amides is 3. The summed E-state index contributed by atoms with van der Waals surface area (Å²) in [4.78, 5) is 46.0. The summed E-state index contributed by atoms with van der Waals surface area (Å²) in [5.41, 5.74) is 2.37. The molecular formula is C31H30F3N7O4. The van der Waals surface area contributed by atoms with Gasteiger partial charge in [0.05, 0.1) is 5.69 Å². The number of carbonyl (C=O) groups is 3. The van der Waals surface area contributed by atoms with Crippen LogP contribution in [0.25, 0.3) is 5.69 Å². The number of unbranched alkanes of at least 4 members (excludes halogenated alkanes) is 1. The molecule has 0 fully saturated rings. The zero-order valence-electron chi connectivity index (χ0n) is 24.2. The summed E-state index contributed by atoms with van der Waals surface area (Å²) in [6.45, 7) is 6.08. The number of nitrogens with one attached hydrogen (secondary N) is 3. The third kappa shape index (κ3) is 9.48. The van der Waals surface area contributed by atoms with E-state index in [1.807, 2.05) is 0 Å². The Balaban J connectivity index is 1.48. The average molecular weight is 622 g/mol. The predicted octanol–water partition coefficient (Wildman–Crippen LogP) is 5.47. The molecule has 0 aliphatic heterocycles. The Morgan fingerprint density at radius 1 is 0.933 bits per heavy atom. The number of halogens is 3. The van der Waals surface area contributed by atoms with Crippen molar-refractivity contribution in [3.8, 4) is 11.4 Å². The molecule has 4 rings (SSSR count). The molecular weight excluding hydrogens is 591 g/mol. The molecule has 0 radical (unpaired) electrons. The molecule has 11 nitrogen and oxygen atoms in total. The fraction of sp³-hybridized carbons (Fsp3) is 0.226.